The Labute approximate surface area is 240 Å². The number of carbonyl (C=O) groups is 1. The zero-order valence-corrected chi connectivity index (χ0v) is 25.4. The molecule has 1 amide bonds. The first-order valence-electron chi connectivity index (χ1n) is 15.0. The monoisotopic (exact) mass is 548 g/mol. The van der Waals surface area contributed by atoms with E-state index in [1.807, 2.05) is 29.2 Å². The number of ether oxygens (including phenoxy) is 2. The molecule has 1 aliphatic heterocycles. The van der Waals surface area contributed by atoms with Gasteiger partial charge in [-0.3, -0.25) is 4.79 Å². The van der Waals surface area contributed by atoms with Gasteiger partial charge in [-0.05, 0) is 86.6 Å². The topological polar surface area (TPSA) is 59.8 Å². The Morgan fingerprint density at radius 3 is 2.25 bits per heavy atom. The van der Waals surface area contributed by atoms with Gasteiger partial charge in [0.25, 0.3) is 5.91 Å². The van der Waals surface area contributed by atoms with Crippen LogP contribution in [0.25, 0.3) is 11.0 Å². The predicted octanol–water partition coefficient (Wildman–Crippen LogP) is 6.27. The number of aryl methyl sites for hydroxylation is 1. The van der Waals surface area contributed by atoms with Gasteiger partial charge in [0.2, 0.25) is 0 Å². The summed E-state index contributed by atoms with van der Waals surface area (Å²) in [5.74, 6) is 3.38. The molecule has 2 aromatic carbocycles. The maximum Gasteiger partial charge on any atom is 0.253 e. The number of fused-ring (bicyclic) bond motifs is 1. The van der Waals surface area contributed by atoms with Crippen molar-refractivity contribution in [2.75, 3.05) is 46.9 Å². The van der Waals surface area contributed by atoms with Crippen LogP contribution < -0.4 is 9.47 Å². The second-order valence-corrected chi connectivity index (χ2v) is 12.0. The smallest absolute Gasteiger partial charge is 0.253 e. The largest absolute Gasteiger partial charge is 0.493 e. The van der Waals surface area contributed by atoms with Crippen molar-refractivity contribution in [2.45, 2.75) is 66.3 Å². The summed E-state index contributed by atoms with van der Waals surface area (Å²) < 4.78 is 13.3. The average Bonchev–Trinajstić information content (AvgIpc) is 3.28. The van der Waals surface area contributed by atoms with Gasteiger partial charge in [-0.25, -0.2) is 4.98 Å². The zero-order valence-electron chi connectivity index (χ0n) is 25.4. The highest BCUT2D eigenvalue weighted by Gasteiger charge is 2.21. The van der Waals surface area contributed by atoms with E-state index in [-0.39, 0.29) is 5.91 Å². The molecule has 7 nitrogen and oxygen atoms in total. The molecule has 0 atom stereocenters. The van der Waals surface area contributed by atoms with Gasteiger partial charge >= 0.3 is 0 Å². The summed E-state index contributed by atoms with van der Waals surface area (Å²) in [7, 11) is 3.32. The van der Waals surface area contributed by atoms with E-state index in [0.29, 0.717) is 18.3 Å². The van der Waals surface area contributed by atoms with Gasteiger partial charge in [0.1, 0.15) is 5.82 Å². The van der Waals surface area contributed by atoms with E-state index < -0.39 is 0 Å². The highest BCUT2D eigenvalue weighted by molar-refractivity contribution is 5.97. The summed E-state index contributed by atoms with van der Waals surface area (Å²) in [6.07, 6.45) is 5.67. The molecule has 218 valence electrons. The summed E-state index contributed by atoms with van der Waals surface area (Å²) >= 11 is 0. The maximum absolute atomic E-state index is 13.7. The van der Waals surface area contributed by atoms with Crippen molar-refractivity contribution in [2.24, 2.45) is 11.8 Å². The third-order valence-corrected chi connectivity index (χ3v) is 7.65. The van der Waals surface area contributed by atoms with E-state index in [4.69, 9.17) is 14.5 Å². The Kier molecular flexibility index (Phi) is 10.5. The van der Waals surface area contributed by atoms with Gasteiger partial charge in [-0.15, -0.1) is 0 Å². The molecule has 0 saturated carbocycles. The normalized spacial score (nSPS) is 14.3. The van der Waals surface area contributed by atoms with Crippen LogP contribution in [0, 0.1) is 11.8 Å². The number of rotatable bonds is 13. The highest BCUT2D eigenvalue weighted by atomic mass is 16.5. The zero-order chi connectivity index (χ0) is 28.6. The Bertz CT molecular complexity index is 1250. The quantitative estimate of drug-likeness (QED) is 0.252. The van der Waals surface area contributed by atoms with Crippen molar-refractivity contribution in [1.82, 2.24) is 19.4 Å². The van der Waals surface area contributed by atoms with Gasteiger partial charge in [0.05, 0.1) is 25.3 Å². The average molecular weight is 549 g/mol. The number of nitrogens with zero attached hydrogens (tertiary/aromatic N) is 4. The molecule has 0 unspecified atom stereocenters. The number of imidazole rings is 1. The fourth-order valence-electron chi connectivity index (χ4n) is 5.80. The number of methoxy groups -OCH3 is 2. The van der Waals surface area contributed by atoms with Crippen molar-refractivity contribution in [3.8, 4) is 11.5 Å². The molecular formula is C33H48N4O3. The number of carbonyl (C=O) groups excluding carboxylic acids is 1. The number of benzene rings is 2. The minimum absolute atomic E-state index is 0.104. The molecule has 2 heterocycles. The number of amides is 1. The van der Waals surface area contributed by atoms with Gasteiger partial charge in [-0.1, -0.05) is 40.2 Å². The lowest BCUT2D eigenvalue weighted by atomic mass is 10.1. The summed E-state index contributed by atoms with van der Waals surface area (Å²) in [6, 6.07) is 12.1. The summed E-state index contributed by atoms with van der Waals surface area (Å²) in [5.41, 5.74) is 3.82. The summed E-state index contributed by atoms with van der Waals surface area (Å²) in [4.78, 5) is 23.3. The van der Waals surface area contributed by atoms with Gasteiger partial charge < -0.3 is 23.8 Å². The van der Waals surface area contributed by atoms with Crippen LogP contribution in [0.3, 0.4) is 0 Å². The second-order valence-electron chi connectivity index (χ2n) is 12.0. The first kappa shape index (κ1) is 29.9. The van der Waals surface area contributed by atoms with Crippen LogP contribution in [0.4, 0.5) is 0 Å². The van der Waals surface area contributed by atoms with Crippen molar-refractivity contribution < 1.29 is 14.3 Å². The number of likely N-dealkylation sites (tertiary alicyclic amines) is 1. The third kappa shape index (κ3) is 7.57. The fourth-order valence-corrected chi connectivity index (χ4v) is 5.80. The number of piperidine rings is 1. The molecule has 1 saturated heterocycles. The first-order chi connectivity index (χ1) is 19.3. The van der Waals surface area contributed by atoms with Gasteiger partial charge in [0.15, 0.2) is 11.5 Å². The highest BCUT2D eigenvalue weighted by Crippen LogP contribution is 2.29. The first-order valence-corrected chi connectivity index (χ1v) is 15.0. The van der Waals surface area contributed by atoms with E-state index in [9.17, 15) is 4.79 Å². The molecule has 4 rings (SSSR count). The third-order valence-electron chi connectivity index (χ3n) is 7.65. The fraction of sp³-hybridized carbons (Fsp3) is 0.576. The lowest BCUT2D eigenvalue weighted by molar-refractivity contribution is 0.0715. The minimum atomic E-state index is 0.104. The predicted molar refractivity (Wildman–Crippen MR) is 163 cm³/mol. The van der Waals surface area contributed by atoms with Crippen LogP contribution >= 0.6 is 0 Å². The maximum atomic E-state index is 13.7. The molecule has 1 aliphatic rings. The van der Waals surface area contributed by atoms with E-state index in [1.54, 1.807) is 14.2 Å². The van der Waals surface area contributed by atoms with Crippen LogP contribution in [-0.2, 0) is 13.0 Å². The molecule has 0 N–H and O–H groups in total. The van der Waals surface area contributed by atoms with E-state index >= 15 is 0 Å². The molecule has 0 radical (unpaired) electrons. The van der Waals surface area contributed by atoms with Crippen LogP contribution in [0.5, 0.6) is 11.5 Å². The lowest BCUT2D eigenvalue weighted by Gasteiger charge is -2.27. The Morgan fingerprint density at radius 2 is 1.60 bits per heavy atom. The van der Waals surface area contributed by atoms with Crippen LogP contribution in [0.1, 0.15) is 75.1 Å². The Morgan fingerprint density at radius 1 is 0.900 bits per heavy atom. The lowest BCUT2D eigenvalue weighted by Crippen LogP contribution is -2.37. The summed E-state index contributed by atoms with van der Waals surface area (Å²) in [6.45, 7) is 14.5. The second kappa shape index (κ2) is 14.0. The van der Waals surface area contributed by atoms with Crippen molar-refractivity contribution in [3.05, 3.63) is 53.3 Å². The molecule has 0 aliphatic carbocycles. The van der Waals surface area contributed by atoms with Crippen molar-refractivity contribution >= 4 is 16.9 Å². The number of aromatic nitrogens is 2. The SMILES string of the molecule is COc1ccc(Cc2nc3ccc(C(=O)N(CC(C)C)CC(C)C)cc3n2CCCN2CCCCC2)cc1OC. The van der Waals surface area contributed by atoms with Crippen LogP contribution in [-0.4, -0.2) is 72.2 Å². The molecule has 7 heteroatoms. The van der Waals surface area contributed by atoms with Gasteiger partial charge in [0, 0.05) is 31.6 Å². The summed E-state index contributed by atoms with van der Waals surface area (Å²) in [5, 5.41) is 0. The molecule has 1 aromatic heterocycles. The van der Waals surface area contributed by atoms with E-state index in [1.165, 1.54) is 32.4 Å². The molecule has 3 aromatic rings. The van der Waals surface area contributed by atoms with E-state index in [2.05, 4.69) is 49.3 Å². The van der Waals surface area contributed by atoms with Crippen molar-refractivity contribution in [3.63, 3.8) is 0 Å². The molecule has 0 bridgehead atoms. The molecule has 0 spiro atoms. The van der Waals surface area contributed by atoms with Crippen LogP contribution in [0.15, 0.2) is 36.4 Å². The van der Waals surface area contributed by atoms with Gasteiger partial charge in [-0.2, -0.15) is 0 Å². The molecule has 1 fully saturated rings. The van der Waals surface area contributed by atoms with E-state index in [0.717, 1.165) is 72.1 Å². The number of hydrogen-bond acceptors (Lipinski definition) is 5. The molecular weight excluding hydrogens is 500 g/mol. The molecule has 40 heavy (non-hydrogen) atoms. The standard InChI is InChI=1S/C33H48N4O3/c1-24(2)22-36(23-25(3)4)33(38)27-12-13-28-29(21-27)37(18-10-17-35-15-8-7-9-16-35)32(34-28)20-26-11-14-30(39-5)31(19-26)40-6/h11-14,19,21,24-25H,7-10,15-18,20,22-23H2,1-6H3. The number of hydrogen-bond donors (Lipinski definition) is 0. The van der Waals surface area contributed by atoms with Crippen LogP contribution in [0.2, 0.25) is 0 Å². The Balaban J connectivity index is 1.66. The minimum Gasteiger partial charge on any atom is -0.493 e. The van der Waals surface area contributed by atoms with Crippen molar-refractivity contribution in [1.29, 1.82) is 0 Å². The Hall–Kier alpha value is -3.06.